The fourth-order valence-corrected chi connectivity index (χ4v) is 4.00. The zero-order valence-electron chi connectivity index (χ0n) is 14.9. The molecule has 3 aliphatic rings. The highest BCUT2D eigenvalue weighted by Gasteiger charge is 2.33. The number of rotatable bonds is 5. The summed E-state index contributed by atoms with van der Waals surface area (Å²) in [5, 5.41) is 7.06. The van der Waals surface area contributed by atoms with Crippen molar-refractivity contribution in [3.05, 3.63) is 0 Å². The van der Waals surface area contributed by atoms with Crippen LogP contribution in [0.15, 0.2) is 4.99 Å². The third kappa shape index (κ3) is 4.60. The molecule has 132 valence electrons. The van der Waals surface area contributed by atoms with Gasteiger partial charge in [0.15, 0.2) is 5.96 Å². The summed E-state index contributed by atoms with van der Waals surface area (Å²) in [6, 6.07) is 1.44. The first-order valence-corrected chi connectivity index (χ1v) is 9.55. The average molecular weight is 322 g/mol. The smallest absolute Gasteiger partial charge is 0.191 e. The first-order chi connectivity index (χ1) is 11.2. The van der Waals surface area contributed by atoms with Gasteiger partial charge < -0.3 is 20.3 Å². The maximum atomic E-state index is 5.33. The molecule has 0 aromatic heterocycles. The molecule has 0 unspecified atom stereocenters. The molecule has 3 rings (SSSR count). The van der Waals surface area contributed by atoms with Gasteiger partial charge >= 0.3 is 0 Å². The van der Waals surface area contributed by atoms with Crippen molar-refractivity contribution < 1.29 is 4.74 Å². The summed E-state index contributed by atoms with van der Waals surface area (Å²) in [7, 11) is 0. The zero-order chi connectivity index (χ0) is 16.1. The summed E-state index contributed by atoms with van der Waals surface area (Å²) < 4.78 is 5.33. The second-order valence-corrected chi connectivity index (χ2v) is 7.89. The SMILES string of the molecule is CCNC(=NCC1(C)COC1)NC1CCN(C2CCCC2)CC1. The Morgan fingerprint density at radius 3 is 2.43 bits per heavy atom. The molecule has 0 bridgehead atoms. The Labute approximate surface area is 141 Å². The molecule has 0 atom stereocenters. The number of piperidine rings is 1. The van der Waals surface area contributed by atoms with Gasteiger partial charge in [-0.05, 0) is 32.6 Å². The fraction of sp³-hybridized carbons (Fsp3) is 0.944. The van der Waals surface area contributed by atoms with Crippen molar-refractivity contribution in [3.8, 4) is 0 Å². The number of ether oxygens (including phenoxy) is 1. The van der Waals surface area contributed by atoms with Crippen molar-refractivity contribution in [2.24, 2.45) is 10.4 Å². The Hall–Kier alpha value is -0.810. The van der Waals surface area contributed by atoms with Crippen LogP contribution in [0.3, 0.4) is 0 Å². The highest BCUT2D eigenvalue weighted by molar-refractivity contribution is 5.80. The number of hydrogen-bond acceptors (Lipinski definition) is 3. The van der Waals surface area contributed by atoms with E-state index < -0.39 is 0 Å². The second-order valence-electron chi connectivity index (χ2n) is 7.89. The largest absolute Gasteiger partial charge is 0.380 e. The second kappa shape index (κ2) is 7.84. The lowest BCUT2D eigenvalue weighted by molar-refractivity contribution is -0.0945. The highest BCUT2D eigenvalue weighted by atomic mass is 16.5. The van der Waals surface area contributed by atoms with Gasteiger partial charge in [-0.15, -0.1) is 0 Å². The fourth-order valence-electron chi connectivity index (χ4n) is 4.00. The highest BCUT2D eigenvalue weighted by Crippen LogP contribution is 2.27. The van der Waals surface area contributed by atoms with Crippen LogP contribution in [0.5, 0.6) is 0 Å². The van der Waals surface area contributed by atoms with Gasteiger partial charge in [0.1, 0.15) is 0 Å². The molecule has 2 aliphatic heterocycles. The van der Waals surface area contributed by atoms with Crippen molar-refractivity contribution in [1.82, 2.24) is 15.5 Å². The van der Waals surface area contributed by atoms with Crippen molar-refractivity contribution >= 4 is 5.96 Å². The molecule has 2 saturated heterocycles. The summed E-state index contributed by atoms with van der Waals surface area (Å²) in [6.07, 6.45) is 8.18. The van der Waals surface area contributed by atoms with Gasteiger partial charge in [0, 0.05) is 37.1 Å². The van der Waals surface area contributed by atoms with Crippen molar-refractivity contribution in [2.75, 3.05) is 39.4 Å². The predicted octanol–water partition coefficient (Wildman–Crippen LogP) is 1.99. The van der Waals surface area contributed by atoms with E-state index in [0.29, 0.717) is 6.04 Å². The molecule has 3 fully saturated rings. The van der Waals surface area contributed by atoms with Gasteiger partial charge in [0.2, 0.25) is 0 Å². The molecule has 0 aromatic carbocycles. The monoisotopic (exact) mass is 322 g/mol. The molecular weight excluding hydrogens is 288 g/mol. The normalized spacial score (nSPS) is 27.0. The number of likely N-dealkylation sites (tertiary alicyclic amines) is 1. The Kier molecular flexibility index (Phi) is 5.81. The molecule has 2 N–H and O–H groups in total. The van der Waals surface area contributed by atoms with E-state index in [1.165, 1.54) is 51.6 Å². The van der Waals surface area contributed by atoms with E-state index in [2.05, 4.69) is 29.4 Å². The van der Waals surface area contributed by atoms with E-state index in [9.17, 15) is 0 Å². The molecule has 0 amide bonds. The number of hydrogen-bond donors (Lipinski definition) is 2. The zero-order valence-corrected chi connectivity index (χ0v) is 14.9. The third-order valence-electron chi connectivity index (χ3n) is 5.58. The maximum Gasteiger partial charge on any atom is 0.191 e. The van der Waals surface area contributed by atoms with E-state index in [-0.39, 0.29) is 5.41 Å². The average Bonchev–Trinajstić information content (AvgIpc) is 3.06. The van der Waals surface area contributed by atoms with Crippen molar-refractivity contribution in [3.63, 3.8) is 0 Å². The Morgan fingerprint density at radius 2 is 1.87 bits per heavy atom. The van der Waals surface area contributed by atoms with E-state index >= 15 is 0 Å². The molecule has 5 heteroatoms. The van der Waals surface area contributed by atoms with Crippen LogP contribution in [0.25, 0.3) is 0 Å². The lowest BCUT2D eigenvalue weighted by Crippen LogP contribution is -2.51. The first-order valence-electron chi connectivity index (χ1n) is 9.55. The summed E-state index contributed by atoms with van der Waals surface area (Å²) >= 11 is 0. The van der Waals surface area contributed by atoms with Crippen LogP contribution in [0.2, 0.25) is 0 Å². The molecule has 1 aliphatic carbocycles. The van der Waals surface area contributed by atoms with Gasteiger partial charge in [0.25, 0.3) is 0 Å². The summed E-state index contributed by atoms with van der Waals surface area (Å²) in [5.41, 5.74) is 0.244. The number of aliphatic imine (C=N–C) groups is 1. The van der Waals surface area contributed by atoms with Crippen LogP contribution in [0, 0.1) is 5.41 Å². The molecule has 2 heterocycles. The lowest BCUT2D eigenvalue weighted by Gasteiger charge is -2.38. The van der Waals surface area contributed by atoms with Crippen LogP contribution >= 0.6 is 0 Å². The van der Waals surface area contributed by atoms with Crippen LogP contribution in [0.1, 0.15) is 52.4 Å². The van der Waals surface area contributed by atoms with Crippen LogP contribution in [-0.4, -0.2) is 62.3 Å². The molecular formula is C18H34N4O. The lowest BCUT2D eigenvalue weighted by atomic mass is 9.89. The number of guanidine groups is 1. The number of nitrogens with zero attached hydrogens (tertiary/aromatic N) is 2. The van der Waals surface area contributed by atoms with E-state index in [4.69, 9.17) is 9.73 Å². The van der Waals surface area contributed by atoms with Crippen molar-refractivity contribution in [1.29, 1.82) is 0 Å². The van der Waals surface area contributed by atoms with Gasteiger partial charge in [-0.25, -0.2) is 0 Å². The minimum Gasteiger partial charge on any atom is -0.380 e. The van der Waals surface area contributed by atoms with E-state index in [0.717, 1.165) is 38.3 Å². The summed E-state index contributed by atoms with van der Waals surface area (Å²) in [6.45, 7) is 10.3. The van der Waals surface area contributed by atoms with E-state index in [1.54, 1.807) is 0 Å². The standard InChI is InChI=1S/C18H34N4O/c1-3-19-17(20-12-18(2)13-23-14-18)21-15-8-10-22(11-9-15)16-6-4-5-7-16/h15-16H,3-14H2,1-2H3,(H2,19,20,21). The summed E-state index contributed by atoms with van der Waals surface area (Å²) in [5.74, 6) is 0.986. The van der Waals surface area contributed by atoms with Crippen LogP contribution in [-0.2, 0) is 4.74 Å². The minimum absolute atomic E-state index is 0.244. The molecule has 0 radical (unpaired) electrons. The molecule has 5 nitrogen and oxygen atoms in total. The van der Waals surface area contributed by atoms with Gasteiger partial charge in [-0.1, -0.05) is 19.8 Å². The van der Waals surface area contributed by atoms with Gasteiger partial charge in [-0.3, -0.25) is 4.99 Å². The van der Waals surface area contributed by atoms with E-state index in [1.807, 2.05) is 0 Å². The quantitative estimate of drug-likeness (QED) is 0.600. The molecule has 0 spiro atoms. The molecule has 23 heavy (non-hydrogen) atoms. The van der Waals surface area contributed by atoms with Gasteiger partial charge in [-0.2, -0.15) is 0 Å². The van der Waals surface area contributed by atoms with Crippen LogP contribution < -0.4 is 10.6 Å². The van der Waals surface area contributed by atoms with Crippen LogP contribution in [0.4, 0.5) is 0 Å². The van der Waals surface area contributed by atoms with Gasteiger partial charge in [0.05, 0.1) is 19.8 Å². The molecule has 0 aromatic rings. The maximum absolute atomic E-state index is 5.33. The molecule has 1 saturated carbocycles. The Morgan fingerprint density at radius 1 is 1.17 bits per heavy atom. The Balaban J connectivity index is 1.45. The van der Waals surface area contributed by atoms with Crippen molar-refractivity contribution in [2.45, 2.75) is 64.5 Å². The number of nitrogens with one attached hydrogen (secondary N) is 2. The Bertz CT molecular complexity index is 394. The minimum atomic E-state index is 0.244. The predicted molar refractivity (Wildman–Crippen MR) is 94.9 cm³/mol. The first kappa shape index (κ1) is 17.0. The summed E-state index contributed by atoms with van der Waals surface area (Å²) in [4.78, 5) is 7.52. The topological polar surface area (TPSA) is 48.9 Å². The third-order valence-corrected chi connectivity index (χ3v) is 5.58.